The first-order chi connectivity index (χ1) is 33.3. The molecule has 0 amide bonds. The Morgan fingerprint density at radius 3 is 1.51 bits per heavy atom. The van der Waals surface area contributed by atoms with Gasteiger partial charge in [-0.1, -0.05) is 45.5 Å². The third kappa shape index (κ3) is 11.7. The van der Waals surface area contributed by atoms with Crippen LogP contribution >= 0.6 is 38.6 Å². The molecule has 4 heterocycles. The van der Waals surface area contributed by atoms with Gasteiger partial charge in [-0.3, -0.25) is 19.2 Å². The topological polar surface area (TPSA) is 131 Å². The van der Waals surface area contributed by atoms with Crippen molar-refractivity contribution in [3.63, 3.8) is 0 Å². The van der Waals surface area contributed by atoms with Gasteiger partial charge in [-0.05, 0) is 113 Å². The Balaban J connectivity index is 0.000000226. The van der Waals surface area contributed by atoms with Gasteiger partial charge in [0.15, 0.2) is 46.1 Å². The number of carbonyl (C=O) groups excluding carboxylic acids is 4. The number of carbonyl (C=O) groups is 4. The summed E-state index contributed by atoms with van der Waals surface area (Å²) in [6.45, 7) is 3.99. The lowest BCUT2D eigenvalue weighted by atomic mass is 10.0. The molecule has 4 aromatic heterocycles. The van der Waals surface area contributed by atoms with Crippen LogP contribution in [0.3, 0.4) is 0 Å². The Kier molecular flexibility index (Phi) is 17.9. The van der Waals surface area contributed by atoms with Crippen molar-refractivity contribution >= 4 is 81.9 Å². The molecule has 0 bridgehead atoms. The summed E-state index contributed by atoms with van der Waals surface area (Å²) in [6, 6.07) is 27.1. The predicted molar refractivity (Wildman–Crippen MR) is 278 cm³/mol. The van der Waals surface area contributed by atoms with Crippen LogP contribution in [0.2, 0.25) is 0 Å². The zero-order chi connectivity index (χ0) is 49.4. The average molecular weight is 1050 g/mol. The van der Waals surface area contributed by atoms with Crippen molar-refractivity contribution in [2.75, 3.05) is 28.4 Å². The van der Waals surface area contributed by atoms with Crippen molar-refractivity contribution < 1.29 is 46.9 Å². The molecule has 0 saturated heterocycles. The molecule has 0 aliphatic rings. The number of Topliss-reactive ketones (excluding diaryl/α,β-unsaturated/α-hetero) is 4. The molecule has 8 aromatic rings. The Labute approximate surface area is 421 Å². The van der Waals surface area contributed by atoms with E-state index in [4.69, 9.17) is 18.9 Å². The highest BCUT2D eigenvalue weighted by Crippen LogP contribution is 2.43. The van der Waals surface area contributed by atoms with Gasteiger partial charge in [0.2, 0.25) is 0 Å². The molecular weight excluding hydrogens is 999 g/mol. The van der Waals surface area contributed by atoms with Crippen molar-refractivity contribution in [1.82, 2.24) is 9.97 Å². The van der Waals surface area contributed by atoms with E-state index in [-0.39, 0.29) is 67.9 Å². The van der Waals surface area contributed by atoms with Crippen LogP contribution in [0.1, 0.15) is 99.8 Å². The molecule has 10 nitrogen and oxygen atoms in total. The molecule has 0 spiro atoms. The molecule has 70 heavy (non-hydrogen) atoms. The average Bonchev–Trinajstić information content (AvgIpc) is 3.98. The molecule has 0 fully saturated rings. The normalized spacial score (nSPS) is 10.8. The van der Waals surface area contributed by atoms with E-state index in [1.54, 1.807) is 60.7 Å². The van der Waals surface area contributed by atoms with E-state index in [2.05, 4.69) is 25.9 Å². The number of fused-ring (bicyclic) bond motifs is 2. The minimum Gasteiger partial charge on any atom is -0.493 e. The first-order valence-electron chi connectivity index (χ1n) is 21.9. The fourth-order valence-electron chi connectivity index (χ4n) is 7.67. The van der Waals surface area contributed by atoms with E-state index in [0.29, 0.717) is 72.7 Å². The van der Waals surface area contributed by atoms with Gasteiger partial charge in [-0.25, -0.2) is 18.7 Å². The van der Waals surface area contributed by atoms with Crippen LogP contribution in [0, 0.1) is 11.6 Å². The molecule has 0 saturated carbocycles. The standard InChI is InChI=1S/C27H23BrFNO4S.C27H24FNO4S.CH4/c1-4-15-12-19(22(32)10-9-21(31)16-8-11-23(33-2)24(14-16)34-3)30-20(13-15)25-17-6-5-7-18(29)26(17)35-27(25)28;1-4-16-12-21(19-15-34-27-18(19)6-5-7-20(27)28)29-22(13-16)24(31)10-9-23(30)17-8-11-25(32-2)26(14-17)33-3;/h5-8,11-14H,4,9-10H2,1-3H3;5-8,11-15H,4,9-10H2,1-3H3;1H4. The van der Waals surface area contributed by atoms with Gasteiger partial charge in [0.05, 0.1) is 53.0 Å². The second kappa shape index (κ2) is 23.8. The van der Waals surface area contributed by atoms with E-state index in [1.807, 2.05) is 43.5 Å². The van der Waals surface area contributed by atoms with E-state index in [1.165, 1.54) is 63.2 Å². The van der Waals surface area contributed by atoms with E-state index < -0.39 is 0 Å². The number of nitrogens with zero attached hydrogens (tertiary/aromatic N) is 2. The number of ketones is 4. The van der Waals surface area contributed by atoms with Crippen molar-refractivity contribution in [2.45, 2.75) is 59.8 Å². The highest BCUT2D eigenvalue weighted by atomic mass is 79.9. The van der Waals surface area contributed by atoms with Crippen LogP contribution in [0.5, 0.6) is 23.0 Å². The molecule has 15 heteroatoms. The zero-order valence-corrected chi connectivity index (χ0v) is 41.9. The molecule has 0 aliphatic heterocycles. The van der Waals surface area contributed by atoms with Gasteiger partial charge in [0.1, 0.15) is 23.0 Å². The van der Waals surface area contributed by atoms with E-state index in [0.717, 1.165) is 43.2 Å². The highest BCUT2D eigenvalue weighted by Gasteiger charge is 2.21. The molecule has 362 valence electrons. The monoisotopic (exact) mass is 1050 g/mol. The van der Waals surface area contributed by atoms with Gasteiger partial charge in [-0.15, -0.1) is 22.7 Å². The quantitative estimate of drug-likeness (QED) is 0.0765. The summed E-state index contributed by atoms with van der Waals surface area (Å²) >= 11 is 6.16. The van der Waals surface area contributed by atoms with Gasteiger partial charge in [0.25, 0.3) is 0 Å². The Hall–Kier alpha value is -6.68. The summed E-state index contributed by atoms with van der Waals surface area (Å²) in [7, 11) is 6.06. The van der Waals surface area contributed by atoms with Crippen LogP contribution in [0.15, 0.2) is 106 Å². The van der Waals surface area contributed by atoms with Gasteiger partial charge in [-0.2, -0.15) is 0 Å². The van der Waals surface area contributed by atoms with Crippen LogP contribution in [-0.2, 0) is 12.8 Å². The first kappa shape index (κ1) is 52.7. The van der Waals surface area contributed by atoms with E-state index >= 15 is 0 Å². The minimum absolute atomic E-state index is 0. The molecule has 4 aromatic carbocycles. The number of halogens is 3. The number of thiophene rings is 2. The summed E-state index contributed by atoms with van der Waals surface area (Å²) in [5.74, 6) is 0.630. The number of aryl methyl sites for hydroxylation is 2. The van der Waals surface area contributed by atoms with Crippen molar-refractivity contribution in [3.05, 3.63) is 152 Å². The third-order valence-corrected chi connectivity index (χ3v) is 14.3. The van der Waals surface area contributed by atoms with Crippen LogP contribution in [0.25, 0.3) is 42.7 Å². The SMILES string of the molecule is C.CCc1cc(C(=O)CCC(=O)c2ccc(OC)c(OC)c2)nc(-c2c(Br)sc3c(F)cccc23)c1.CCc1cc(C(=O)CCC(=O)c2ccc(OC)c(OC)c2)nc(-c2csc3c(F)cccc23)c1. The number of hydrogen-bond donors (Lipinski definition) is 0. The highest BCUT2D eigenvalue weighted by molar-refractivity contribution is 9.11. The number of aromatic nitrogens is 2. The maximum absolute atomic E-state index is 14.3. The molecular formula is C55H51BrF2N2O8S2. The van der Waals surface area contributed by atoms with Crippen LogP contribution in [-0.4, -0.2) is 61.5 Å². The number of pyridine rings is 2. The number of methoxy groups -OCH3 is 4. The number of ether oxygens (including phenoxy) is 4. The minimum atomic E-state index is -0.295. The second-order valence-electron chi connectivity index (χ2n) is 15.7. The zero-order valence-electron chi connectivity index (χ0n) is 38.7. The van der Waals surface area contributed by atoms with Crippen molar-refractivity contribution in [2.24, 2.45) is 0 Å². The lowest BCUT2D eigenvalue weighted by Gasteiger charge is -2.10. The summed E-state index contributed by atoms with van der Waals surface area (Å²) in [5.41, 5.74) is 6.18. The van der Waals surface area contributed by atoms with E-state index in [9.17, 15) is 28.0 Å². The predicted octanol–water partition coefficient (Wildman–Crippen LogP) is 14.5. The largest absolute Gasteiger partial charge is 0.493 e. The Morgan fingerprint density at radius 1 is 0.557 bits per heavy atom. The number of rotatable bonds is 18. The second-order valence-corrected chi connectivity index (χ2v) is 18.9. The maximum Gasteiger partial charge on any atom is 0.181 e. The summed E-state index contributed by atoms with van der Waals surface area (Å²) in [4.78, 5) is 60.7. The molecule has 0 N–H and O–H groups in total. The van der Waals surface area contributed by atoms with Crippen LogP contribution < -0.4 is 18.9 Å². The number of benzene rings is 4. The maximum atomic E-state index is 14.3. The molecule has 0 radical (unpaired) electrons. The van der Waals surface area contributed by atoms with Crippen molar-refractivity contribution in [1.29, 1.82) is 0 Å². The lowest BCUT2D eigenvalue weighted by molar-refractivity contribution is 0.0915. The molecule has 0 atom stereocenters. The molecule has 0 unspecified atom stereocenters. The summed E-state index contributed by atoms with van der Waals surface area (Å²) in [5, 5.41) is 3.38. The summed E-state index contributed by atoms with van der Waals surface area (Å²) < 4.78 is 51.3. The number of hydrogen-bond acceptors (Lipinski definition) is 12. The van der Waals surface area contributed by atoms with Gasteiger partial charge in [0, 0.05) is 64.1 Å². The molecule has 8 rings (SSSR count). The smallest absolute Gasteiger partial charge is 0.181 e. The molecule has 0 aliphatic carbocycles. The van der Waals surface area contributed by atoms with Crippen LogP contribution in [0.4, 0.5) is 8.78 Å². The lowest BCUT2D eigenvalue weighted by Crippen LogP contribution is -2.08. The fourth-order valence-corrected chi connectivity index (χ4v) is 10.5. The summed E-state index contributed by atoms with van der Waals surface area (Å²) in [6.07, 6.45) is 1.57. The van der Waals surface area contributed by atoms with Gasteiger partial charge < -0.3 is 18.9 Å². The Bertz CT molecular complexity index is 3240. The first-order valence-corrected chi connectivity index (χ1v) is 24.4. The Morgan fingerprint density at radius 2 is 1.01 bits per heavy atom. The van der Waals surface area contributed by atoms with Gasteiger partial charge >= 0.3 is 0 Å². The third-order valence-electron chi connectivity index (χ3n) is 11.4. The van der Waals surface area contributed by atoms with Crippen molar-refractivity contribution in [3.8, 4) is 45.5 Å². The fraction of sp³-hybridized carbons (Fsp3) is 0.236.